The zero-order valence-electron chi connectivity index (χ0n) is 11.0. The van der Waals surface area contributed by atoms with Crippen molar-refractivity contribution in [3.8, 4) is 0 Å². The predicted molar refractivity (Wildman–Crippen MR) is 82.0 cm³/mol. The second-order valence-corrected chi connectivity index (χ2v) is 5.38. The summed E-state index contributed by atoms with van der Waals surface area (Å²) in [6.07, 6.45) is 3.21. The van der Waals surface area contributed by atoms with Gasteiger partial charge in [0.2, 0.25) is 0 Å². The number of hydrogen-bond donors (Lipinski definition) is 1. The minimum absolute atomic E-state index is 0.720. The quantitative estimate of drug-likeness (QED) is 0.785. The molecule has 0 saturated carbocycles. The lowest BCUT2D eigenvalue weighted by Crippen LogP contribution is -2.17. The molecule has 1 aromatic carbocycles. The van der Waals surface area contributed by atoms with Gasteiger partial charge in [-0.1, -0.05) is 30.1 Å². The second-order valence-electron chi connectivity index (χ2n) is 4.54. The Kier molecular flexibility index (Phi) is 5.32. The minimum atomic E-state index is 0.720. The van der Waals surface area contributed by atoms with E-state index < -0.39 is 0 Å². The summed E-state index contributed by atoms with van der Waals surface area (Å²) < 4.78 is 2.19. The lowest BCUT2D eigenvalue weighted by molar-refractivity contribution is 0.630. The van der Waals surface area contributed by atoms with E-state index in [1.807, 2.05) is 18.2 Å². The number of rotatable bonds is 6. The third-order valence-corrected chi connectivity index (χ3v) is 3.61. The Bertz CT molecular complexity index is 535. The maximum atomic E-state index is 6.20. The summed E-state index contributed by atoms with van der Waals surface area (Å²) in [5, 5.41) is 4.88. The summed E-state index contributed by atoms with van der Waals surface area (Å²) in [7, 11) is 0. The molecular weight excluding hydrogens is 279 g/mol. The highest BCUT2D eigenvalue weighted by Crippen LogP contribution is 2.22. The van der Waals surface area contributed by atoms with Gasteiger partial charge >= 0.3 is 0 Å². The molecule has 2 rings (SSSR count). The van der Waals surface area contributed by atoms with E-state index in [9.17, 15) is 0 Å². The molecule has 0 aliphatic carbocycles. The Morgan fingerprint density at radius 3 is 2.84 bits per heavy atom. The third kappa shape index (κ3) is 4.00. The number of aromatic nitrogens is 1. The van der Waals surface area contributed by atoms with Gasteiger partial charge in [-0.15, -0.1) is 0 Å². The lowest BCUT2D eigenvalue weighted by atomic mass is 10.2. The van der Waals surface area contributed by atoms with Crippen LogP contribution in [0.2, 0.25) is 10.0 Å². The average molecular weight is 297 g/mol. The zero-order valence-corrected chi connectivity index (χ0v) is 12.5. The van der Waals surface area contributed by atoms with Crippen molar-refractivity contribution in [3.63, 3.8) is 0 Å². The van der Waals surface area contributed by atoms with Crippen LogP contribution < -0.4 is 5.32 Å². The molecule has 0 unspecified atom stereocenters. The summed E-state index contributed by atoms with van der Waals surface area (Å²) in [5.74, 6) is 0. The molecule has 2 aromatic rings. The van der Waals surface area contributed by atoms with Gasteiger partial charge in [0, 0.05) is 35.0 Å². The van der Waals surface area contributed by atoms with Gasteiger partial charge in [0.05, 0.1) is 0 Å². The van der Waals surface area contributed by atoms with Crippen LogP contribution in [0.3, 0.4) is 0 Å². The summed E-state index contributed by atoms with van der Waals surface area (Å²) in [6, 6.07) is 9.76. The smallest absolute Gasteiger partial charge is 0.0488 e. The molecule has 102 valence electrons. The fourth-order valence-corrected chi connectivity index (χ4v) is 2.38. The molecule has 1 aromatic heterocycles. The van der Waals surface area contributed by atoms with Crippen molar-refractivity contribution in [2.24, 2.45) is 0 Å². The molecule has 2 nitrogen and oxygen atoms in total. The molecule has 1 heterocycles. The molecule has 19 heavy (non-hydrogen) atoms. The molecule has 0 bridgehead atoms. The molecule has 4 heteroatoms. The maximum Gasteiger partial charge on any atom is 0.0488 e. The van der Waals surface area contributed by atoms with E-state index in [1.54, 1.807) is 0 Å². The van der Waals surface area contributed by atoms with Crippen molar-refractivity contribution in [2.45, 2.75) is 26.4 Å². The van der Waals surface area contributed by atoms with Crippen LogP contribution in [-0.2, 0) is 13.1 Å². The first kappa shape index (κ1) is 14.4. The van der Waals surface area contributed by atoms with Gasteiger partial charge in [0.25, 0.3) is 0 Å². The first-order valence-electron chi connectivity index (χ1n) is 6.49. The highest BCUT2D eigenvalue weighted by molar-refractivity contribution is 6.33. The fraction of sp³-hybridized carbons (Fsp3) is 0.333. The van der Waals surface area contributed by atoms with Crippen LogP contribution in [0.15, 0.2) is 36.5 Å². The molecular formula is C15H18Cl2N2. The number of nitrogens with one attached hydrogen (secondary N) is 1. The Labute approximate surface area is 124 Å². The van der Waals surface area contributed by atoms with Crippen LogP contribution in [-0.4, -0.2) is 11.1 Å². The van der Waals surface area contributed by atoms with E-state index in [1.165, 1.54) is 5.69 Å². The van der Waals surface area contributed by atoms with Crippen LogP contribution in [0.5, 0.6) is 0 Å². The Hall–Kier alpha value is -0.960. The van der Waals surface area contributed by atoms with E-state index in [-0.39, 0.29) is 0 Å². The molecule has 0 saturated heterocycles. The minimum Gasteiger partial charge on any atom is -0.346 e. The molecule has 0 aliphatic rings. The molecule has 0 atom stereocenters. The monoisotopic (exact) mass is 296 g/mol. The van der Waals surface area contributed by atoms with Gasteiger partial charge in [-0.25, -0.2) is 0 Å². The van der Waals surface area contributed by atoms with Gasteiger partial charge in [0.15, 0.2) is 0 Å². The molecule has 0 radical (unpaired) electrons. The lowest BCUT2D eigenvalue weighted by Gasteiger charge is -2.11. The van der Waals surface area contributed by atoms with Crippen molar-refractivity contribution in [2.75, 3.05) is 6.54 Å². The highest BCUT2D eigenvalue weighted by atomic mass is 35.5. The van der Waals surface area contributed by atoms with E-state index in [4.69, 9.17) is 23.2 Å². The SMILES string of the molecule is CCCNCc1cccn1Cc1cc(Cl)ccc1Cl. The highest BCUT2D eigenvalue weighted by Gasteiger charge is 2.05. The van der Waals surface area contributed by atoms with Crippen molar-refractivity contribution in [1.82, 2.24) is 9.88 Å². The van der Waals surface area contributed by atoms with Gasteiger partial charge in [-0.3, -0.25) is 0 Å². The molecule has 0 aliphatic heterocycles. The van der Waals surface area contributed by atoms with E-state index in [0.717, 1.165) is 41.7 Å². The Morgan fingerprint density at radius 1 is 1.21 bits per heavy atom. The van der Waals surface area contributed by atoms with Crippen LogP contribution in [0, 0.1) is 0 Å². The van der Waals surface area contributed by atoms with E-state index in [0.29, 0.717) is 0 Å². The van der Waals surface area contributed by atoms with Gasteiger partial charge in [-0.05, 0) is 48.9 Å². The van der Waals surface area contributed by atoms with Crippen LogP contribution in [0.1, 0.15) is 24.6 Å². The van der Waals surface area contributed by atoms with Gasteiger partial charge in [-0.2, -0.15) is 0 Å². The number of benzene rings is 1. The van der Waals surface area contributed by atoms with Crippen LogP contribution >= 0.6 is 23.2 Å². The van der Waals surface area contributed by atoms with E-state index >= 15 is 0 Å². The number of halogens is 2. The zero-order chi connectivity index (χ0) is 13.7. The number of nitrogens with zero attached hydrogens (tertiary/aromatic N) is 1. The van der Waals surface area contributed by atoms with Crippen LogP contribution in [0.25, 0.3) is 0 Å². The largest absolute Gasteiger partial charge is 0.346 e. The maximum absolute atomic E-state index is 6.20. The van der Waals surface area contributed by atoms with E-state index in [2.05, 4.69) is 35.1 Å². The standard InChI is InChI=1S/C15H18Cl2N2/c1-2-7-18-10-14-4-3-8-19(14)11-12-9-13(16)5-6-15(12)17/h3-6,8-9,18H,2,7,10-11H2,1H3. The predicted octanol–water partition coefficient (Wildman–Crippen LogP) is 4.34. The third-order valence-electron chi connectivity index (χ3n) is 3.00. The molecule has 0 spiro atoms. The topological polar surface area (TPSA) is 17.0 Å². The Balaban J connectivity index is 2.10. The summed E-state index contributed by atoms with van der Waals surface area (Å²) in [6.45, 7) is 4.81. The molecule has 0 amide bonds. The fourth-order valence-electron chi connectivity index (χ4n) is 2.01. The first-order chi connectivity index (χ1) is 9.20. The summed E-state index contributed by atoms with van der Waals surface area (Å²) >= 11 is 12.2. The normalized spacial score (nSPS) is 10.9. The first-order valence-corrected chi connectivity index (χ1v) is 7.25. The van der Waals surface area contributed by atoms with Gasteiger partial charge in [0.1, 0.15) is 0 Å². The van der Waals surface area contributed by atoms with Crippen molar-refractivity contribution in [3.05, 3.63) is 57.8 Å². The summed E-state index contributed by atoms with van der Waals surface area (Å²) in [4.78, 5) is 0. The molecule has 0 fully saturated rings. The van der Waals surface area contributed by atoms with Crippen LogP contribution in [0.4, 0.5) is 0 Å². The summed E-state index contributed by atoms with van der Waals surface area (Å²) in [5.41, 5.74) is 2.30. The number of hydrogen-bond acceptors (Lipinski definition) is 1. The van der Waals surface area contributed by atoms with Gasteiger partial charge < -0.3 is 9.88 Å². The Morgan fingerprint density at radius 2 is 2.05 bits per heavy atom. The van der Waals surface area contributed by atoms with Crippen molar-refractivity contribution in [1.29, 1.82) is 0 Å². The van der Waals surface area contributed by atoms with Crippen molar-refractivity contribution < 1.29 is 0 Å². The second kappa shape index (κ2) is 6.99. The average Bonchev–Trinajstić information content (AvgIpc) is 2.82. The molecule has 1 N–H and O–H groups in total. The van der Waals surface area contributed by atoms with Crippen molar-refractivity contribution >= 4 is 23.2 Å².